The van der Waals surface area contributed by atoms with Crippen LogP contribution in [0.25, 0.3) is 0 Å². The number of rotatable bonds is 4. The lowest BCUT2D eigenvalue weighted by Crippen LogP contribution is -2.16. The number of hydrogen-bond donors (Lipinski definition) is 2. The van der Waals surface area contributed by atoms with E-state index in [9.17, 15) is 13.6 Å². The first kappa shape index (κ1) is 13.8. The van der Waals surface area contributed by atoms with Crippen LogP contribution >= 0.6 is 23.1 Å². The third-order valence-corrected chi connectivity index (χ3v) is 4.10. The van der Waals surface area contributed by atoms with Gasteiger partial charge < -0.3 is 11.1 Å². The number of nitrogens with zero attached hydrogens (tertiary/aromatic N) is 1. The molecular formula is C11H9F2N3OS2. The lowest BCUT2D eigenvalue weighted by Gasteiger charge is -2.06. The van der Waals surface area contributed by atoms with Crippen molar-refractivity contribution in [2.45, 2.75) is 4.21 Å². The number of anilines is 2. The number of para-hydroxylation sites is 1. The van der Waals surface area contributed by atoms with Crippen molar-refractivity contribution in [1.82, 2.24) is 4.98 Å². The number of aromatic nitrogens is 1. The number of thiazole rings is 1. The molecule has 2 aromatic rings. The standard InChI is InChI=1S/C11H9F2N3OS2/c12-6-2-1-3-7(13)10(6)16-8(17)5-18-9-4-15-11(14)19-9/h1-4H,5H2,(H2,14,15)(H,16,17). The third-order valence-electron chi connectivity index (χ3n) is 2.08. The molecule has 1 aromatic carbocycles. The number of amides is 1. The Kier molecular flexibility index (Phi) is 4.33. The summed E-state index contributed by atoms with van der Waals surface area (Å²) < 4.78 is 27.3. The average Bonchev–Trinajstić information content (AvgIpc) is 2.77. The first-order valence-corrected chi connectivity index (χ1v) is 6.94. The van der Waals surface area contributed by atoms with E-state index in [1.165, 1.54) is 29.2 Å². The second-order valence-corrected chi connectivity index (χ2v) is 5.79. The van der Waals surface area contributed by atoms with Crippen LogP contribution in [0.15, 0.2) is 28.6 Å². The van der Waals surface area contributed by atoms with Gasteiger partial charge in [-0.05, 0) is 12.1 Å². The van der Waals surface area contributed by atoms with Crippen LogP contribution in [0, 0.1) is 11.6 Å². The van der Waals surface area contributed by atoms with Crippen molar-refractivity contribution in [3.05, 3.63) is 36.0 Å². The van der Waals surface area contributed by atoms with E-state index in [1.807, 2.05) is 0 Å². The lowest BCUT2D eigenvalue weighted by atomic mass is 10.3. The highest BCUT2D eigenvalue weighted by atomic mass is 32.2. The maximum Gasteiger partial charge on any atom is 0.234 e. The zero-order valence-corrected chi connectivity index (χ0v) is 11.2. The van der Waals surface area contributed by atoms with Gasteiger partial charge in [-0.1, -0.05) is 17.4 Å². The predicted octanol–water partition coefficient (Wildman–Crippen LogP) is 2.73. The molecule has 1 heterocycles. The number of carbonyl (C=O) groups is 1. The molecule has 0 radical (unpaired) electrons. The molecule has 19 heavy (non-hydrogen) atoms. The number of hydrogen-bond acceptors (Lipinski definition) is 5. The van der Waals surface area contributed by atoms with Gasteiger partial charge in [-0.25, -0.2) is 13.8 Å². The number of nitrogen functional groups attached to an aromatic ring is 1. The largest absolute Gasteiger partial charge is 0.375 e. The molecule has 0 aliphatic carbocycles. The Labute approximate surface area is 116 Å². The highest BCUT2D eigenvalue weighted by molar-refractivity contribution is 8.01. The molecule has 1 amide bonds. The second-order valence-electron chi connectivity index (χ2n) is 3.45. The smallest absolute Gasteiger partial charge is 0.234 e. The van der Waals surface area contributed by atoms with Crippen LogP contribution in [0.2, 0.25) is 0 Å². The van der Waals surface area contributed by atoms with Crippen molar-refractivity contribution in [3.63, 3.8) is 0 Å². The minimum Gasteiger partial charge on any atom is -0.375 e. The number of nitrogens with one attached hydrogen (secondary N) is 1. The monoisotopic (exact) mass is 301 g/mol. The molecule has 0 saturated heterocycles. The maximum absolute atomic E-state index is 13.3. The molecule has 0 aliphatic rings. The fourth-order valence-electron chi connectivity index (χ4n) is 1.27. The fraction of sp³-hybridized carbons (Fsp3) is 0.0909. The molecule has 4 nitrogen and oxygen atoms in total. The van der Waals surface area contributed by atoms with Gasteiger partial charge in [0.05, 0.1) is 16.2 Å². The third kappa shape index (κ3) is 3.65. The van der Waals surface area contributed by atoms with Gasteiger partial charge in [-0.15, -0.1) is 11.8 Å². The highest BCUT2D eigenvalue weighted by Crippen LogP contribution is 2.26. The van der Waals surface area contributed by atoms with Crippen LogP contribution in [0.1, 0.15) is 0 Å². The van der Waals surface area contributed by atoms with Crippen molar-refractivity contribution in [3.8, 4) is 0 Å². The van der Waals surface area contributed by atoms with E-state index in [1.54, 1.807) is 6.20 Å². The van der Waals surface area contributed by atoms with E-state index in [0.717, 1.165) is 16.3 Å². The Balaban J connectivity index is 1.94. The number of thioether (sulfide) groups is 1. The number of halogens is 2. The van der Waals surface area contributed by atoms with E-state index in [2.05, 4.69) is 10.3 Å². The molecule has 0 fully saturated rings. The summed E-state index contributed by atoms with van der Waals surface area (Å²) in [7, 11) is 0. The summed E-state index contributed by atoms with van der Waals surface area (Å²) in [6.45, 7) is 0. The highest BCUT2D eigenvalue weighted by Gasteiger charge is 2.12. The van der Waals surface area contributed by atoms with Gasteiger partial charge in [0.15, 0.2) is 5.13 Å². The molecule has 0 unspecified atom stereocenters. The summed E-state index contributed by atoms with van der Waals surface area (Å²) in [5.74, 6) is -2.09. The first-order chi connectivity index (χ1) is 9.06. The zero-order chi connectivity index (χ0) is 13.8. The van der Waals surface area contributed by atoms with E-state index in [4.69, 9.17) is 5.73 Å². The van der Waals surface area contributed by atoms with E-state index >= 15 is 0 Å². The summed E-state index contributed by atoms with van der Waals surface area (Å²) in [4.78, 5) is 15.4. The molecule has 0 bridgehead atoms. The van der Waals surface area contributed by atoms with Crippen LogP contribution in [-0.4, -0.2) is 16.6 Å². The number of carbonyl (C=O) groups excluding carboxylic acids is 1. The quantitative estimate of drug-likeness (QED) is 0.852. The summed E-state index contributed by atoms with van der Waals surface area (Å²) in [5.41, 5.74) is 5.01. The van der Waals surface area contributed by atoms with Gasteiger partial charge in [0.1, 0.15) is 17.3 Å². The Morgan fingerprint density at radius 2 is 2.11 bits per heavy atom. The summed E-state index contributed by atoms with van der Waals surface area (Å²) in [6, 6.07) is 3.39. The van der Waals surface area contributed by atoms with Gasteiger partial charge in [0.2, 0.25) is 5.91 Å². The van der Waals surface area contributed by atoms with Crippen LogP contribution in [0.4, 0.5) is 19.6 Å². The van der Waals surface area contributed by atoms with Crippen molar-refractivity contribution in [1.29, 1.82) is 0 Å². The van der Waals surface area contributed by atoms with Gasteiger partial charge in [0, 0.05) is 0 Å². The molecule has 0 spiro atoms. The van der Waals surface area contributed by atoms with Crippen molar-refractivity contribution in [2.24, 2.45) is 0 Å². The van der Waals surface area contributed by atoms with Crippen molar-refractivity contribution >= 4 is 39.8 Å². The molecule has 0 atom stereocenters. The van der Waals surface area contributed by atoms with E-state index in [0.29, 0.717) is 5.13 Å². The number of benzene rings is 1. The molecular weight excluding hydrogens is 292 g/mol. The Hall–Kier alpha value is -1.67. The van der Waals surface area contributed by atoms with Crippen LogP contribution in [-0.2, 0) is 4.79 Å². The fourth-order valence-corrected chi connectivity index (χ4v) is 2.83. The minimum absolute atomic E-state index is 0.0232. The minimum atomic E-state index is -0.805. The van der Waals surface area contributed by atoms with Crippen molar-refractivity contribution in [2.75, 3.05) is 16.8 Å². The molecule has 0 saturated carbocycles. The van der Waals surface area contributed by atoms with Gasteiger partial charge in [-0.3, -0.25) is 4.79 Å². The SMILES string of the molecule is Nc1ncc(SCC(=O)Nc2c(F)cccc2F)s1. The lowest BCUT2D eigenvalue weighted by molar-refractivity contribution is -0.113. The van der Waals surface area contributed by atoms with Crippen molar-refractivity contribution < 1.29 is 13.6 Å². The normalized spacial score (nSPS) is 10.4. The van der Waals surface area contributed by atoms with Gasteiger partial charge in [0.25, 0.3) is 0 Å². The summed E-state index contributed by atoms with van der Waals surface area (Å²) in [5, 5.41) is 2.60. The first-order valence-electron chi connectivity index (χ1n) is 5.14. The van der Waals surface area contributed by atoms with Gasteiger partial charge >= 0.3 is 0 Å². The number of nitrogens with two attached hydrogens (primary N) is 1. The van der Waals surface area contributed by atoms with E-state index < -0.39 is 23.2 Å². The van der Waals surface area contributed by atoms with Gasteiger partial charge in [-0.2, -0.15) is 0 Å². The van der Waals surface area contributed by atoms with Crippen LogP contribution in [0.5, 0.6) is 0 Å². The van der Waals surface area contributed by atoms with Crippen LogP contribution < -0.4 is 11.1 Å². The predicted molar refractivity (Wildman–Crippen MR) is 72.2 cm³/mol. The second kappa shape index (κ2) is 5.98. The molecule has 1 aromatic heterocycles. The zero-order valence-electron chi connectivity index (χ0n) is 9.52. The Morgan fingerprint density at radius 1 is 1.42 bits per heavy atom. The summed E-state index contributed by atoms with van der Waals surface area (Å²) in [6.07, 6.45) is 1.54. The van der Waals surface area contributed by atoms with Crippen LogP contribution in [0.3, 0.4) is 0 Å². The Morgan fingerprint density at radius 3 is 2.68 bits per heavy atom. The van der Waals surface area contributed by atoms with E-state index in [-0.39, 0.29) is 5.75 Å². The molecule has 3 N–H and O–H groups in total. The Bertz CT molecular complexity index is 583. The molecule has 0 aliphatic heterocycles. The molecule has 2 rings (SSSR count). The molecule has 100 valence electrons. The molecule has 8 heteroatoms. The maximum atomic E-state index is 13.3. The topological polar surface area (TPSA) is 68.0 Å². The average molecular weight is 301 g/mol. The summed E-state index contributed by atoms with van der Waals surface area (Å²) >= 11 is 2.44.